The van der Waals surface area contributed by atoms with Gasteiger partial charge in [0.25, 0.3) is 0 Å². The van der Waals surface area contributed by atoms with Gasteiger partial charge in [0.2, 0.25) is 5.91 Å². The molecule has 0 radical (unpaired) electrons. The number of carbonyl (C=O) groups is 1. The number of amides is 1. The van der Waals surface area contributed by atoms with Gasteiger partial charge in [-0.1, -0.05) is 6.08 Å². The van der Waals surface area contributed by atoms with Gasteiger partial charge in [-0.05, 0) is 19.3 Å². The molecule has 0 atom stereocenters. The minimum atomic E-state index is 0.329. The van der Waals surface area contributed by atoms with Gasteiger partial charge in [0, 0.05) is 18.7 Å². The Hall–Kier alpha value is -0.790. The Morgan fingerprint density at radius 2 is 2.30 bits per heavy atom. The molecule has 2 aliphatic rings. The van der Waals surface area contributed by atoms with Crippen LogP contribution in [0, 0.1) is 0 Å². The van der Waals surface area contributed by atoms with Crippen LogP contribution in [0.2, 0.25) is 0 Å². The lowest BCUT2D eigenvalue weighted by molar-refractivity contribution is -0.129. The van der Waals surface area contributed by atoms with Crippen LogP contribution in [0.25, 0.3) is 0 Å². The van der Waals surface area contributed by atoms with Gasteiger partial charge in [0.15, 0.2) is 0 Å². The average Bonchev–Trinajstić information content (AvgIpc) is 2.36. The molecule has 1 fully saturated rings. The van der Waals surface area contributed by atoms with E-state index in [0.29, 0.717) is 5.91 Å². The monoisotopic (exact) mass is 137 g/mol. The van der Waals surface area contributed by atoms with Crippen molar-refractivity contribution in [3.05, 3.63) is 11.8 Å². The van der Waals surface area contributed by atoms with Gasteiger partial charge < -0.3 is 4.90 Å². The lowest BCUT2D eigenvalue weighted by Gasteiger charge is -2.21. The van der Waals surface area contributed by atoms with Crippen molar-refractivity contribution in [1.29, 1.82) is 0 Å². The highest BCUT2D eigenvalue weighted by molar-refractivity contribution is 5.79. The molecular formula is C8H11NO. The van der Waals surface area contributed by atoms with E-state index in [0.717, 1.165) is 32.2 Å². The number of nitrogens with zero attached hydrogens (tertiary/aromatic N) is 1. The largest absolute Gasteiger partial charge is 0.317 e. The summed E-state index contributed by atoms with van der Waals surface area (Å²) < 4.78 is 0. The van der Waals surface area contributed by atoms with E-state index in [9.17, 15) is 4.79 Å². The highest BCUT2D eigenvalue weighted by Gasteiger charge is 2.24. The molecule has 2 heteroatoms. The van der Waals surface area contributed by atoms with Crippen LogP contribution in [0.1, 0.15) is 25.7 Å². The van der Waals surface area contributed by atoms with Gasteiger partial charge in [-0.25, -0.2) is 0 Å². The van der Waals surface area contributed by atoms with Crippen LogP contribution in [-0.2, 0) is 4.79 Å². The lowest BCUT2D eigenvalue weighted by Crippen LogP contribution is -2.28. The second-order valence-corrected chi connectivity index (χ2v) is 2.88. The molecule has 2 heterocycles. The molecule has 0 N–H and O–H groups in total. The van der Waals surface area contributed by atoms with E-state index in [1.807, 2.05) is 4.90 Å². The number of carbonyl (C=O) groups excluding carboxylic acids is 1. The minimum absolute atomic E-state index is 0.329. The second kappa shape index (κ2) is 2.11. The summed E-state index contributed by atoms with van der Waals surface area (Å²) in [5.74, 6) is 0.329. The second-order valence-electron chi connectivity index (χ2n) is 2.88. The zero-order valence-corrected chi connectivity index (χ0v) is 5.97. The van der Waals surface area contributed by atoms with Crippen molar-refractivity contribution in [3.8, 4) is 0 Å². The molecule has 54 valence electrons. The first-order valence-corrected chi connectivity index (χ1v) is 3.87. The smallest absolute Gasteiger partial charge is 0.227 e. The first kappa shape index (κ1) is 5.96. The fourth-order valence-corrected chi connectivity index (χ4v) is 1.69. The Balaban J connectivity index is 2.26. The van der Waals surface area contributed by atoms with E-state index in [2.05, 4.69) is 6.08 Å². The van der Waals surface area contributed by atoms with Crippen molar-refractivity contribution in [2.24, 2.45) is 0 Å². The number of rotatable bonds is 0. The molecule has 1 saturated heterocycles. The topological polar surface area (TPSA) is 20.3 Å². The third-order valence-electron chi connectivity index (χ3n) is 2.20. The molecule has 0 aromatic heterocycles. The van der Waals surface area contributed by atoms with Gasteiger partial charge in [-0.2, -0.15) is 0 Å². The van der Waals surface area contributed by atoms with Gasteiger partial charge >= 0.3 is 0 Å². The van der Waals surface area contributed by atoms with Gasteiger partial charge in [0.1, 0.15) is 0 Å². The van der Waals surface area contributed by atoms with Crippen LogP contribution in [0.3, 0.4) is 0 Å². The molecule has 1 amide bonds. The first-order valence-electron chi connectivity index (χ1n) is 3.87. The standard InChI is InChI=1S/C8H11NO/c10-8-5-1-3-7-4-2-6-9(7)8/h3H,1-2,4-6H2. The molecule has 0 aromatic carbocycles. The predicted molar refractivity (Wildman–Crippen MR) is 38.3 cm³/mol. The summed E-state index contributed by atoms with van der Waals surface area (Å²) in [6, 6.07) is 0. The highest BCUT2D eigenvalue weighted by atomic mass is 16.2. The van der Waals surface area contributed by atoms with Crippen LogP contribution >= 0.6 is 0 Å². The SMILES string of the molecule is O=C1CCC=C2CCCN12. The molecule has 2 aliphatic heterocycles. The van der Waals surface area contributed by atoms with Crippen LogP contribution in [0.4, 0.5) is 0 Å². The number of hydrogen-bond donors (Lipinski definition) is 0. The Kier molecular flexibility index (Phi) is 1.26. The Labute approximate surface area is 60.5 Å². The third kappa shape index (κ3) is 0.753. The van der Waals surface area contributed by atoms with Crippen molar-refractivity contribution in [2.75, 3.05) is 6.54 Å². The molecule has 10 heavy (non-hydrogen) atoms. The zero-order valence-electron chi connectivity index (χ0n) is 5.97. The summed E-state index contributed by atoms with van der Waals surface area (Å²) in [5, 5.41) is 0. The summed E-state index contributed by atoms with van der Waals surface area (Å²) in [7, 11) is 0. The van der Waals surface area contributed by atoms with Crippen LogP contribution < -0.4 is 0 Å². The van der Waals surface area contributed by atoms with Crippen molar-refractivity contribution >= 4 is 5.91 Å². The number of fused-ring (bicyclic) bond motifs is 1. The van der Waals surface area contributed by atoms with Crippen molar-refractivity contribution in [2.45, 2.75) is 25.7 Å². The van der Waals surface area contributed by atoms with E-state index in [-0.39, 0.29) is 0 Å². The first-order chi connectivity index (χ1) is 4.88. The minimum Gasteiger partial charge on any atom is -0.317 e. The zero-order chi connectivity index (χ0) is 6.97. The van der Waals surface area contributed by atoms with Gasteiger partial charge in [-0.15, -0.1) is 0 Å². The molecule has 0 aromatic rings. The summed E-state index contributed by atoms with van der Waals surface area (Å²) in [5.41, 5.74) is 1.27. The average molecular weight is 137 g/mol. The Morgan fingerprint density at radius 1 is 1.40 bits per heavy atom. The summed E-state index contributed by atoms with van der Waals surface area (Å²) in [6.07, 6.45) is 6.17. The van der Waals surface area contributed by atoms with Crippen molar-refractivity contribution in [1.82, 2.24) is 4.90 Å². The number of allylic oxidation sites excluding steroid dienone is 2. The quantitative estimate of drug-likeness (QED) is 0.492. The molecule has 0 bridgehead atoms. The van der Waals surface area contributed by atoms with Crippen LogP contribution in [0.5, 0.6) is 0 Å². The molecule has 0 aliphatic carbocycles. The molecule has 2 rings (SSSR count). The van der Waals surface area contributed by atoms with Crippen LogP contribution in [-0.4, -0.2) is 17.4 Å². The van der Waals surface area contributed by atoms with Gasteiger partial charge in [-0.3, -0.25) is 4.79 Å². The van der Waals surface area contributed by atoms with Crippen LogP contribution in [0.15, 0.2) is 11.8 Å². The summed E-state index contributed by atoms with van der Waals surface area (Å²) in [4.78, 5) is 13.1. The molecule has 0 unspecified atom stereocenters. The normalized spacial score (nSPS) is 24.6. The highest BCUT2D eigenvalue weighted by Crippen LogP contribution is 2.26. The maximum Gasteiger partial charge on any atom is 0.227 e. The molecule has 2 nitrogen and oxygen atoms in total. The summed E-state index contributed by atoms with van der Waals surface area (Å²) in [6.45, 7) is 0.963. The Bertz CT molecular complexity index is 195. The van der Waals surface area contributed by atoms with Gasteiger partial charge in [0.05, 0.1) is 0 Å². The van der Waals surface area contributed by atoms with Crippen molar-refractivity contribution < 1.29 is 4.79 Å². The third-order valence-corrected chi connectivity index (χ3v) is 2.20. The summed E-state index contributed by atoms with van der Waals surface area (Å²) >= 11 is 0. The van der Waals surface area contributed by atoms with E-state index in [4.69, 9.17) is 0 Å². The molecule has 0 spiro atoms. The van der Waals surface area contributed by atoms with E-state index < -0.39 is 0 Å². The predicted octanol–water partition coefficient (Wildman–Crippen LogP) is 1.29. The maximum absolute atomic E-state index is 11.2. The lowest BCUT2D eigenvalue weighted by atomic mass is 10.1. The van der Waals surface area contributed by atoms with E-state index >= 15 is 0 Å². The fourth-order valence-electron chi connectivity index (χ4n) is 1.69. The van der Waals surface area contributed by atoms with E-state index in [1.165, 1.54) is 5.70 Å². The number of hydrogen-bond acceptors (Lipinski definition) is 1. The molecule has 0 saturated carbocycles. The van der Waals surface area contributed by atoms with E-state index in [1.54, 1.807) is 0 Å². The Morgan fingerprint density at radius 3 is 3.10 bits per heavy atom. The fraction of sp³-hybridized carbons (Fsp3) is 0.625. The van der Waals surface area contributed by atoms with Crippen molar-refractivity contribution in [3.63, 3.8) is 0 Å². The molecular weight excluding hydrogens is 126 g/mol. The maximum atomic E-state index is 11.2.